The maximum absolute atomic E-state index is 12.5. The molecule has 1 aliphatic carbocycles. The molecule has 2 aromatic rings. The van der Waals surface area contributed by atoms with Crippen molar-refractivity contribution in [1.29, 1.82) is 0 Å². The van der Waals surface area contributed by atoms with E-state index >= 15 is 0 Å². The molecule has 1 saturated carbocycles. The van der Waals surface area contributed by atoms with Crippen LogP contribution in [0.2, 0.25) is 0 Å². The number of hydrogen-bond donors (Lipinski definition) is 1. The van der Waals surface area contributed by atoms with E-state index in [2.05, 4.69) is 14.7 Å². The first-order valence-corrected chi connectivity index (χ1v) is 8.69. The molecular formula is C13H16N4O2S2. The van der Waals surface area contributed by atoms with Gasteiger partial charge in [-0.05, 0) is 38.2 Å². The maximum atomic E-state index is 12.5. The third-order valence-corrected chi connectivity index (χ3v) is 4.64. The van der Waals surface area contributed by atoms with Crippen molar-refractivity contribution in [2.24, 2.45) is 0 Å². The second kappa shape index (κ2) is 6.07. The number of carbonyl (C=O) groups is 1. The molecule has 0 aliphatic heterocycles. The highest BCUT2D eigenvalue weighted by Crippen LogP contribution is 2.35. The second-order valence-electron chi connectivity index (χ2n) is 4.85. The van der Waals surface area contributed by atoms with Crippen molar-refractivity contribution in [2.75, 3.05) is 11.6 Å². The first kappa shape index (κ1) is 14.4. The Morgan fingerprint density at radius 1 is 1.62 bits per heavy atom. The van der Waals surface area contributed by atoms with E-state index in [0.29, 0.717) is 10.3 Å². The van der Waals surface area contributed by atoms with Gasteiger partial charge in [0.15, 0.2) is 0 Å². The molecule has 1 atom stereocenters. The van der Waals surface area contributed by atoms with Crippen LogP contribution in [-0.4, -0.2) is 32.6 Å². The number of amides is 2. The van der Waals surface area contributed by atoms with E-state index in [9.17, 15) is 4.79 Å². The van der Waals surface area contributed by atoms with Gasteiger partial charge in [-0.3, -0.25) is 5.32 Å². The monoisotopic (exact) mass is 324 g/mol. The molecule has 112 valence electrons. The summed E-state index contributed by atoms with van der Waals surface area (Å²) in [5.74, 6) is 0.791. The minimum Gasteiger partial charge on any atom is -0.467 e. The Hall–Kier alpha value is -1.54. The molecule has 0 aromatic carbocycles. The number of carbonyl (C=O) groups excluding carboxylic acids is 1. The van der Waals surface area contributed by atoms with Crippen molar-refractivity contribution in [2.45, 2.75) is 37.0 Å². The van der Waals surface area contributed by atoms with E-state index in [4.69, 9.17) is 4.42 Å². The number of furan rings is 1. The van der Waals surface area contributed by atoms with Gasteiger partial charge in [-0.2, -0.15) is 9.36 Å². The molecule has 0 spiro atoms. The first-order chi connectivity index (χ1) is 10.2. The van der Waals surface area contributed by atoms with Crippen molar-refractivity contribution in [3.8, 4) is 0 Å². The van der Waals surface area contributed by atoms with Gasteiger partial charge in [0.25, 0.3) is 0 Å². The van der Waals surface area contributed by atoms with Crippen molar-refractivity contribution in [3.63, 3.8) is 0 Å². The van der Waals surface area contributed by atoms with Gasteiger partial charge in [0.05, 0.1) is 12.3 Å². The van der Waals surface area contributed by atoms with Crippen LogP contribution in [0.1, 0.15) is 31.6 Å². The lowest BCUT2D eigenvalue weighted by atomic mass is 10.2. The van der Waals surface area contributed by atoms with E-state index in [0.717, 1.165) is 18.6 Å². The van der Waals surface area contributed by atoms with Gasteiger partial charge in [-0.15, -0.1) is 0 Å². The van der Waals surface area contributed by atoms with Crippen molar-refractivity contribution in [3.05, 3.63) is 24.2 Å². The zero-order valence-corrected chi connectivity index (χ0v) is 13.4. The van der Waals surface area contributed by atoms with Crippen LogP contribution >= 0.6 is 23.3 Å². The molecule has 21 heavy (non-hydrogen) atoms. The normalized spacial score (nSPS) is 15.7. The molecule has 1 fully saturated rings. The van der Waals surface area contributed by atoms with Gasteiger partial charge in [0, 0.05) is 17.6 Å². The van der Waals surface area contributed by atoms with Crippen molar-refractivity contribution in [1.82, 2.24) is 14.3 Å². The van der Waals surface area contributed by atoms with Crippen LogP contribution in [0.25, 0.3) is 0 Å². The van der Waals surface area contributed by atoms with Crippen LogP contribution < -0.4 is 5.32 Å². The van der Waals surface area contributed by atoms with Crippen LogP contribution in [0.5, 0.6) is 0 Å². The predicted molar refractivity (Wildman–Crippen MR) is 82.7 cm³/mol. The Kier molecular flexibility index (Phi) is 4.16. The topological polar surface area (TPSA) is 71.3 Å². The van der Waals surface area contributed by atoms with Crippen LogP contribution in [-0.2, 0) is 0 Å². The number of thioether (sulfide) groups is 1. The average molecular weight is 324 g/mol. The molecule has 8 heteroatoms. The number of rotatable bonds is 5. The third kappa shape index (κ3) is 3.21. The van der Waals surface area contributed by atoms with Gasteiger partial charge < -0.3 is 9.32 Å². The number of hydrogen-bond acceptors (Lipinski definition) is 6. The van der Waals surface area contributed by atoms with E-state index in [1.807, 2.05) is 30.2 Å². The number of urea groups is 1. The summed E-state index contributed by atoms with van der Waals surface area (Å²) < 4.78 is 9.57. The number of anilines is 1. The van der Waals surface area contributed by atoms with E-state index in [-0.39, 0.29) is 18.1 Å². The quantitative estimate of drug-likeness (QED) is 0.851. The fourth-order valence-electron chi connectivity index (χ4n) is 2.18. The highest BCUT2D eigenvalue weighted by atomic mass is 32.2. The highest BCUT2D eigenvalue weighted by molar-refractivity contribution is 7.98. The molecule has 3 rings (SSSR count). The summed E-state index contributed by atoms with van der Waals surface area (Å²) >= 11 is 2.65. The molecule has 2 amide bonds. The van der Waals surface area contributed by atoms with Gasteiger partial charge in [0.1, 0.15) is 5.76 Å². The van der Waals surface area contributed by atoms with Crippen molar-refractivity contribution >= 4 is 34.5 Å². The number of nitrogens with one attached hydrogen (secondary N) is 1. The van der Waals surface area contributed by atoms with Gasteiger partial charge >= 0.3 is 6.03 Å². The van der Waals surface area contributed by atoms with Gasteiger partial charge in [-0.1, -0.05) is 11.8 Å². The molecule has 0 bridgehead atoms. The predicted octanol–water partition coefficient (Wildman–Crippen LogP) is 3.61. The Morgan fingerprint density at radius 2 is 2.43 bits per heavy atom. The average Bonchev–Trinajstić information content (AvgIpc) is 2.99. The molecule has 0 saturated heterocycles. The largest absolute Gasteiger partial charge is 0.467 e. The lowest BCUT2D eigenvalue weighted by Gasteiger charge is -2.27. The second-order valence-corrected chi connectivity index (χ2v) is 6.37. The Bertz CT molecular complexity index is 609. The summed E-state index contributed by atoms with van der Waals surface area (Å²) in [6.45, 7) is 1.98. The number of aromatic nitrogens is 2. The molecule has 6 nitrogen and oxygen atoms in total. The zero-order valence-electron chi connectivity index (χ0n) is 11.8. The summed E-state index contributed by atoms with van der Waals surface area (Å²) in [5.41, 5.74) is 0. The van der Waals surface area contributed by atoms with E-state index in [1.165, 1.54) is 23.3 Å². The third-order valence-electron chi connectivity index (χ3n) is 3.35. The fraction of sp³-hybridized carbons (Fsp3) is 0.462. The molecular weight excluding hydrogens is 308 g/mol. The maximum Gasteiger partial charge on any atom is 0.324 e. The Morgan fingerprint density at radius 3 is 3.00 bits per heavy atom. The lowest BCUT2D eigenvalue weighted by molar-refractivity contribution is 0.179. The van der Waals surface area contributed by atoms with Gasteiger partial charge in [-0.25, -0.2) is 4.79 Å². The molecule has 2 aromatic heterocycles. The fourth-order valence-corrected chi connectivity index (χ4v) is 3.29. The molecule has 0 unspecified atom stereocenters. The molecule has 1 N–H and O–H groups in total. The van der Waals surface area contributed by atoms with Crippen LogP contribution in [0.4, 0.5) is 9.93 Å². The summed E-state index contributed by atoms with van der Waals surface area (Å²) in [7, 11) is 0. The van der Waals surface area contributed by atoms with Crippen LogP contribution in [0.15, 0.2) is 28.0 Å². The summed E-state index contributed by atoms with van der Waals surface area (Å²) in [5, 5.41) is 4.04. The smallest absolute Gasteiger partial charge is 0.324 e. The zero-order chi connectivity index (χ0) is 14.8. The first-order valence-electron chi connectivity index (χ1n) is 6.69. The molecule has 1 aliphatic rings. The lowest BCUT2D eigenvalue weighted by Crippen LogP contribution is -2.38. The molecule has 0 radical (unpaired) electrons. The number of nitrogens with zero attached hydrogens (tertiary/aromatic N) is 3. The van der Waals surface area contributed by atoms with Crippen molar-refractivity contribution < 1.29 is 9.21 Å². The van der Waals surface area contributed by atoms with Gasteiger partial charge in [0.2, 0.25) is 10.3 Å². The van der Waals surface area contributed by atoms with Crippen LogP contribution in [0, 0.1) is 0 Å². The summed E-state index contributed by atoms with van der Waals surface area (Å²) in [4.78, 5) is 18.6. The SMILES string of the molecule is CSc1nsc(NC(=O)N(C2CC2)[C@@H](C)c2ccco2)n1. The van der Waals surface area contributed by atoms with Crippen LogP contribution in [0.3, 0.4) is 0 Å². The minimum atomic E-state index is -0.148. The van der Waals surface area contributed by atoms with E-state index < -0.39 is 0 Å². The standard InChI is InChI=1S/C13H16N4O2S2/c1-8(10-4-3-7-19-10)17(9-5-6-9)13(18)15-11-14-12(20-2)16-21-11/h3-4,7-9H,5-6H2,1-2H3,(H,14,15,16,18)/t8-/m0/s1. The highest BCUT2D eigenvalue weighted by Gasteiger charge is 2.37. The summed E-state index contributed by atoms with van der Waals surface area (Å²) in [6.07, 6.45) is 5.60. The Labute approximate surface area is 131 Å². The van der Waals surface area contributed by atoms with E-state index in [1.54, 1.807) is 6.26 Å². The molecule has 2 heterocycles. The summed E-state index contributed by atoms with van der Waals surface area (Å²) in [6, 6.07) is 3.76. The minimum absolute atomic E-state index is 0.0968. The Balaban J connectivity index is 1.73.